The second kappa shape index (κ2) is 4.96. The molecule has 1 aromatic rings. The van der Waals surface area contributed by atoms with E-state index in [1.54, 1.807) is 7.11 Å². The first-order valence-corrected chi connectivity index (χ1v) is 6.28. The Morgan fingerprint density at radius 1 is 1.27 bits per heavy atom. The van der Waals surface area contributed by atoms with Gasteiger partial charge in [0.1, 0.15) is 7.11 Å². The maximum absolute atomic E-state index is 4.92. The summed E-state index contributed by atoms with van der Waals surface area (Å²) in [4.78, 5) is 4.92. The summed E-state index contributed by atoms with van der Waals surface area (Å²) in [5, 5.41) is 4.14. The number of nitrogens with zero attached hydrogens (tertiary/aromatic N) is 1. The molecule has 3 heteroatoms. The number of hydrogen-bond donors (Lipinski definition) is 0. The molecular weight excluding hydrogens is 301 g/mol. The molecule has 0 radical (unpaired) electrons. The van der Waals surface area contributed by atoms with E-state index in [1.165, 1.54) is 27.5 Å². The lowest BCUT2D eigenvalue weighted by Gasteiger charge is -2.07. The third kappa shape index (κ3) is 2.51. The van der Waals surface area contributed by atoms with Gasteiger partial charge in [-0.3, -0.25) is 0 Å². The van der Waals surface area contributed by atoms with Crippen LogP contribution in [0.2, 0.25) is 0 Å². The number of fused-ring (bicyclic) bond motifs is 1. The highest BCUT2D eigenvalue weighted by atomic mass is 127. The first kappa shape index (κ1) is 10.9. The zero-order valence-corrected chi connectivity index (χ0v) is 11.0. The topological polar surface area (TPSA) is 21.6 Å². The van der Waals surface area contributed by atoms with Gasteiger partial charge < -0.3 is 4.84 Å². The molecule has 2 rings (SSSR count). The quantitative estimate of drug-likeness (QED) is 0.442. The van der Waals surface area contributed by atoms with Crippen LogP contribution >= 0.6 is 22.6 Å². The van der Waals surface area contributed by atoms with Crippen LogP contribution in [-0.2, 0) is 11.3 Å². The zero-order valence-electron chi connectivity index (χ0n) is 8.79. The largest absolute Gasteiger partial charge is 0.399 e. The number of benzene rings is 1. The number of halogens is 1. The first-order valence-electron chi connectivity index (χ1n) is 5.20. The van der Waals surface area contributed by atoms with Crippen molar-refractivity contribution in [3.05, 3.63) is 32.9 Å². The molecule has 1 aliphatic carbocycles. The van der Waals surface area contributed by atoms with E-state index in [9.17, 15) is 0 Å². The van der Waals surface area contributed by atoms with E-state index < -0.39 is 0 Å². The number of rotatable bonds is 1. The summed E-state index contributed by atoms with van der Waals surface area (Å²) in [5.74, 6) is 0. The summed E-state index contributed by atoms with van der Waals surface area (Å²) < 4.78 is 1.26. The third-order valence-corrected chi connectivity index (χ3v) is 3.36. The summed E-state index contributed by atoms with van der Waals surface area (Å²) in [6, 6.07) is 6.59. The zero-order chi connectivity index (χ0) is 10.7. The molecule has 0 amide bonds. The van der Waals surface area contributed by atoms with Crippen LogP contribution in [0.1, 0.15) is 30.4 Å². The average molecular weight is 315 g/mol. The minimum atomic E-state index is 1.03. The second-order valence-electron chi connectivity index (χ2n) is 3.73. The van der Waals surface area contributed by atoms with Gasteiger partial charge in [0, 0.05) is 9.13 Å². The number of hydrogen-bond acceptors (Lipinski definition) is 2. The van der Waals surface area contributed by atoms with Gasteiger partial charge in [0.15, 0.2) is 0 Å². The van der Waals surface area contributed by atoms with Gasteiger partial charge in [-0.15, -0.1) is 0 Å². The predicted octanol–water partition coefficient (Wildman–Crippen LogP) is 3.37. The van der Waals surface area contributed by atoms with Crippen LogP contribution in [-0.4, -0.2) is 12.8 Å². The van der Waals surface area contributed by atoms with E-state index in [1.807, 2.05) is 0 Å². The molecule has 0 aromatic heterocycles. The van der Waals surface area contributed by atoms with Crippen molar-refractivity contribution in [1.82, 2.24) is 0 Å². The molecule has 1 aromatic carbocycles. The van der Waals surface area contributed by atoms with Crippen LogP contribution in [0.15, 0.2) is 23.4 Å². The Morgan fingerprint density at radius 3 is 2.87 bits per heavy atom. The van der Waals surface area contributed by atoms with Crippen molar-refractivity contribution in [1.29, 1.82) is 0 Å². The first-order chi connectivity index (χ1) is 7.31. The van der Waals surface area contributed by atoms with Gasteiger partial charge in [-0.25, -0.2) is 0 Å². The van der Waals surface area contributed by atoms with Crippen molar-refractivity contribution in [2.45, 2.75) is 25.7 Å². The van der Waals surface area contributed by atoms with Crippen molar-refractivity contribution in [2.24, 2.45) is 5.16 Å². The molecule has 2 nitrogen and oxygen atoms in total. The van der Waals surface area contributed by atoms with Crippen LogP contribution in [0.5, 0.6) is 0 Å². The second-order valence-corrected chi connectivity index (χ2v) is 4.97. The average Bonchev–Trinajstić information content (AvgIpc) is 2.42. The lowest BCUT2D eigenvalue weighted by Crippen LogP contribution is -2.03. The van der Waals surface area contributed by atoms with Crippen molar-refractivity contribution < 1.29 is 4.84 Å². The highest BCUT2D eigenvalue weighted by Crippen LogP contribution is 2.23. The maximum Gasteiger partial charge on any atom is 0.106 e. The van der Waals surface area contributed by atoms with Crippen LogP contribution in [0.4, 0.5) is 0 Å². The minimum Gasteiger partial charge on any atom is -0.399 e. The van der Waals surface area contributed by atoms with Crippen LogP contribution < -0.4 is 0 Å². The van der Waals surface area contributed by atoms with Crippen molar-refractivity contribution in [2.75, 3.05) is 7.11 Å². The highest BCUT2D eigenvalue weighted by molar-refractivity contribution is 14.1. The van der Waals surface area contributed by atoms with Gasteiger partial charge in [0.25, 0.3) is 0 Å². The van der Waals surface area contributed by atoms with Gasteiger partial charge in [-0.2, -0.15) is 0 Å². The fraction of sp³-hybridized carbons (Fsp3) is 0.417. The van der Waals surface area contributed by atoms with Gasteiger partial charge in [-0.05, 0) is 66.0 Å². The van der Waals surface area contributed by atoms with Crippen molar-refractivity contribution >= 4 is 28.3 Å². The minimum absolute atomic E-state index is 1.03. The summed E-state index contributed by atoms with van der Waals surface area (Å²) in [6.07, 6.45) is 4.64. The Morgan fingerprint density at radius 2 is 2.07 bits per heavy atom. The fourth-order valence-corrected chi connectivity index (χ4v) is 2.47. The highest BCUT2D eigenvalue weighted by Gasteiger charge is 2.14. The van der Waals surface area contributed by atoms with E-state index in [4.69, 9.17) is 4.84 Å². The van der Waals surface area contributed by atoms with E-state index >= 15 is 0 Å². The Hall–Kier alpha value is -0.580. The number of aryl methyl sites for hydroxylation is 1. The molecular formula is C12H14INO. The molecule has 0 N–H and O–H groups in total. The Balaban J connectivity index is 2.47. The van der Waals surface area contributed by atoms with Gasteiger partial charge >= 0.3 is 0 Å². The van der Waals surface area contributed by atoms with Crippen LogP contribution in [0, 0.1) is 3.57 Å². The summed E-state index contributed by atoms with van der Waals surface area (Å²) >= 11 is 2.34. The summed E-state index contributed by atoms with van der Waals surface area (Å²) in [5.41, 5.74) is 3.79. The molecule has 15 heavy (non-hydrogen) atoms. The normalized spacial score (nSPS) is 18.4. The molecule has 0 atom stereocenters. The Bertz CT molecular complexity index is 387. The Labute approximate surface area is 104 Å². The molecule has 1 aliphatic rings. The molecule has 0 heterocycles. The number of oxime groups is 1. The molecule has 0 fully saturated rings. The lowest BCUT2D eigenvalue weighted by atomic mass is 10.0. The molecule has 0 saturated carbocycles. The monoisotopic (exact) mass is 315 g/mol. The molecule has 0 saturated heterocycles. The SMILES string of the molecule is CON=C1CCCCc2ccc(I)cc21. The van der Waals surface area contributed by atoms with E-state index in [-0.39, 0.29) is 0 Å². The van der Waals surface area contributed by atoms with Crippen LogP contribution in [0.3, 0.4) is 0 Å². The smallest absolute Gasteiger partial charge is 0.106 e. The third-order valence-electron chi connectivity index (χ3n) is 2.69. The molecule has 0 aliphatic heterocycles. The van der Waals surface area contributed by atoms with Crippen LogP contribution in [0.25, 0.3) is 0 Å². The molecule has 80 valence electrons. The molecule has 0 bridgehead atoms. The van der Waals surface area contributed by atoms with Gasteiger partial charge in [0.2, 0.25) is 0 Å². The molecule has 0 unspecified atom stereocenters. The van der Waals surface area contributed by atoms with E-state index in [0.29, 0.717) is 0 Å². The fourth-order valence-electron chi connectivity index (χ4n) is 1.98. The van der Waals surface area contributed by atoms with Crippen molar-refractivity contribution in [3.8, 4) is 0 Å². The molecule has 0 spiro atoms. The van der Waals surface area contributed by atoms with Crippen molar-refractivity contribution in [3.63, 3.8) is 0 Å². The lowest BCUT2D eigenvalue weighted by molar-refractivity contribution is 0.213. The van der Waals surface area contributed by atoms with E-state index in [2.05, 4.69) is 45.9 Å². The maximum atomic E-state index is 4.92. The standard InChI is InChI=1S/C12H14INO/c1-15-14-12-5-3-2-4-9-6-7-10(13)8-11(9)12/h6-8H,2-5H2,1H3. The Kier molecular flexibility index (Phi) is 3.61. The van der Waals surface area contributed by atoms with Gasteiger partial charge in [0.05, 0.1) is 5.71 Å². The summed E-state index contributed by atoms with van der Waals surface area (Å²) in [7, 11) is 1.62. The predicted molar refractivity (Wildman–Crippen MR) is 70.3 cm³/mol. The van der Waals surface area contributed by atoms with E-state index in [0.717, 1.165) is 18.6 Å². The van der Waals surface area contributed by atoms with Gasteiger partial charge in [-0.1, -0.05) is 11.2 Å². The summed E-state index contributed by atoms with van der Waals surface area (Å²) in [6.45, 7) is 0.